The molecule has 0 unspecified atom stereocenters. The first kappa shape index (κ1) is 8.25. The highest BCUT2D eigenvalue weighted by Crippen LogP contribution is 2.13. The van der Waals surface area contributed by atoms with Gasteiger partial charge in [0.05, 0.1) is 12.2 Å². The number of pyridine rings is 1. The first-order valence-corrected chi connectivity index (χ1v) is 4.32. The highest BCUT2D eigenvalue weighted by atomic mass is 79.9. The fourth-order valence-corrected chi connectivity index (χ4v) is 1.46. The molecule has 0 bridgehead atoms. The molecule has 0 saturated heterocycles. The van der Waals surface area contributed by atoms with Crippen LogP contribution in [-0.4, -0.2) is 15.4 Å². The monoisotopic (exact) mass is 239 g/mol. The number of imidazole rings is 1. The second kappa shape index (κ2) is 2.85. The van der Waals surface area contributed by atoms with Crippen LogP contribution in [0, 0.1) is 0 Å². The van der Waals surface area contributed by atoms with Gasteiger partial charge in [0.15, 0.2) is 0 Å². The molecule has 0 aromatic carbocycles. The van der Waals surface area contributed by atoms with Gasteiger partial charge in [-0.2, -0.15) is 0 Å². The van der Waals surface area contributed by atoms with Crippen molar-refractivity contribution in [2.75, 3.05) is 0 Å². The van der Waals surface area contributed by atoms with Crippen LogP contribution in [0.15, 0.2) is 29.1 Å². The van der Waals surface area contributed by atoms with Crippen molar-refractivity contribution in [3.63, 3.8) is 0 Å². The van der Waals surface area contributed by atoms with Crippen molar-refractivity contribution in [2.24, 2.45) is 0 Å². The van der Waals surface area contributed by atoms with Gasteiger partial charge in [0.1, 0.15) is 10.3 Å². The topological polar surface area (TPSA) is 57.4 Å². The fraction of sp³-hybridized carbons (Fsp3) is 0. The molecule has 0 spiro atoms. The Morgan fingerprint density at radius 1 is 1.54 bits per heavy atom. The maximum absolute atomic E-state index is 10.5. The van der Waals surface area contributed by atoms with E-state index >= 15 is 0 Å². The summed E-state index contributed by atoms with van der Waals surface area (Å²) < 4.78 is 2.34. The lowest BCUT2D eigenvalue weighted by Crippen LogP contribution is -2.22. The zero-order valence-electron chi connectivity index (χ0n) is 6.40. The quantitative estimate of drug-likeness (QED) is 0.727. The molecule has 0 aliphatic heterocycles. The lowest BCUT2D eigenvalue weighted by atomic mass is 10.3. The third-order valence-electron chi connectivity index (χ3n) is 1.70. The number of carboxylic acids is 1. The molecule has 0 radical (unpaired) electrons. The molecule has 0 N–H and O–H groups in total. The molecule has 0 aliphatic rings. The molecule has 2 aromatic rings. The Kier molecular flexibility index (Phi) is 1.81. The number of aromatic nitrogens is 2. The minimum Gasteiger partial charge on any atom is -0.545 e. The van der Waals surface area contributed by atoms with Crippen molar-refractivity contribution >= 4 is 27.5 Å². The molecular formula is C8H4BrN2O2-. The van der Waals surface area contributed by atoms with E-state index < -0.39 is 5.97 Å². The number of rotatable bonds is 1. The van der Waals surface area contributed by atoms with Gasteiger partial charge < -0.3 is 9.90 Å². The Bertz CT molecular complexity index is 478. The van der Waals surface area contributed by atoms with Crippen LogP contribution in [0.4, 0.5) is 0 Å². The van der Waals surface area contributed by atoms with E-state index in [1.807, 2.05) is 0 Å². The third kappa shape index (κ3) is 1.31. The molecule has 0 atom stereocenters. The maximum Gasteiger partial charge on any atom is 0.137 e. The molecule has 2 heterocycles. The maximum atomic E-state index is 10.5. The predicted octanol–water partition coefficient (Wildman–Crippen LogP) is 0.460. The molecule has 0 amide bonds. The van der Waals surface area contributed by atoms with E-state index in [1.165, 1.54) is 12.3 Å². The van der Waals surface area contributed by atoms with Crippen molar-refractivity contribution in [3.05, 3.63) is 34.7 Å². The van der Waals surface area contributed by atoms with Crippen molar-refractivity contribution in [2.45, 2.75) is 0 Å². The molecule has 66 valence electrons. The normalized spacial score (nSPS) is 10.5. The summed E-state index contributed by atoms with van der Waals surface area (Å²) in [5.74, 6) is -1.19. The molecule has 0 fully saturated rings. The summed E-state index contributed by atoms with van der Waals surface area (Å²) in [6, 6.07) is 3.08. The van der Waals surface area contributed by atoms with E-state index in [0.29, 0.717) is 10.3 Å². The van der Waals surface area contributed by atoms with Gasteiger partial charge in [-0.05, 0) is 28.1 Å². The number of carbonyl (C=O) groups excluding carboxylic acids is 1. The highest BCUT2D eigenvalue weighted by Gasteiger charge is 2.00. The van der Waals surface area contributed by atoms with E-state index in [1.54, 1.807) is 16.7 Å². The molecule has 2 aromatic heterocycles. The average Bonchev–Trinajstić information content (AvgIpc) is 2.47. The first-order valence-electron chi connectivity index (χ1n) is 3.52. The first-order chi connectivity index (χ1) is 6.18. The zero-order chi connectivity index (χ0) is 9.42. The third-order valence-corrected chi connectivity index (χ3v) is 2.28. The minimum absolute atomic E-state index is 0.131. The molecule has 5 heteroatoms. The Hall–Kier alpha value is -1.36. The van der Waals surface area contributed by atoms with Gasteiger partial charge in [0.25, 0.3) is 0 Å². The van der Waals surface area contributed by atoms with Gasteiger partial charge in [-0.15, -0.1) is 0 Å². The fourth-order valence-electron chi connectivity index (χ4n) is 1.07. The number of halogens is 1. The second-order valence-corrected chi connectivity index (χ2v) is 3.33. The Balaban J connectivity index is 2.72. The molecule has 2 rings (SSSR count). The standard InChI is InChI=1S/C8H5BrN2O2/c9-6-3-10-7-2-1-5(8(12)13)4-11(6)7/h1-4H,(H,12,13)/p-1. The van der Waals surface area contributed by atoms with Gasteiger partial charge in [-0.25, -0.2) is 4.98 Å². The lowest BCUT2D eigenvalue weighted by molar-refractivity contribution is -0.255. The molecule has 0 aliphatic carbocycles. The average molecular weight is 240 g/mol. The van der Waals surface area contributed by atoms with E-state index in [0.717, 1.165) is 0 Å². The minimum atomic E-state index is -1.19. The summed E-state index contributed by atoms with van der Waals surface area (Å²) in [6.45, 7) is 0. The van der Waals surface area contributed by atoms with E-state index in [-0.39, 0.29) is 5.56 Å². The van der Waals surface area contributed by atoms with Crippen LogP contribution < -0.4 is 5.11 Å². The molecule has 0 saturated carbocycles. The summed E-state index contributed by atoms with van der Waals surface area (Å²) >= 11 is 3.24. The molecular weight excluding hydrogens is 236 g/mol. The van der Waals surface area contributed by atoms with Crippen LogP contribution in [0.25, 0.3) is 5.65 Å². The lowest BCUT2D eigenvalue weighted by Gasteiger charge is -2.02. The number of carbonyl (C=O) groups is 1. The summed E-state index contributed by atoms with van der Waals surface area (Å²) in [4.78, 5) is 14.5. The van der Waals surface area contributed by atoms with E-state index in [4.69, 9.17) is 0 Å². The number of nitrogens with zero attached hydrogens (tertiary/aromatic N) is 2. The van der Waals surface area contributed by atoms with Gasteiger partial charge in [-0.1, -0.05) is 0 Å². The van der Waals surface area contributed by atoms with Crippen molar-refractivity contribution in [1.29, 1.82) is 0 Å². The summed E-state index contributed by atoms with van der Waals surface area (Å²) in [5.41, 5.74) is 0.822. The number of hydrogen-bond acceptors (Lipinski definition) is 3. The smallest absolute Gasteiger partial charge is 0.137 e. The van der Waals surface area contributed by atoms with Crippen LogP contribution in [0.3, 0.4) is 0 Å². The van der Waals surface area contributed by atoms with Gasteiger partial charge in [0.2, 0.25) is 0 Å². The van der Waals surface area contributed by atoms with Crippen LogP contribution in [0.1, 0.15) is 10.4 Å². The number of fused-ring (bicyclic) bond motifs is 1. The van der Waals surface area contributed by atoms with Crippen LogP contribution in [-0.2, 0) is 0 Å². The van der Waals surface area contributed by atoms with Crippen LogP contribution >= 0.6 is 15.9 Å². The summed E-state index contributed by atoms with van der Waals surface area (Å²) in [7, 11) is 0. The van der Waals surface area contributed by atoms with Crippen molar-refractivity contribution in [1.82, 2.24) is 9.38 Å². The SMILES string of the molecule is O=C([O-])c1ccc2ncc(Br)n2c1. The Labute approximate surface area is 82.0 Å². The van der Waals surface area contributed by atoms with Gasteiger partial charge in [0, 0.05) is 11.8 Å². The second-order valence-electron chi connectivity index (χ2n) is 2.51. The van der Waals surface area contributed by atoms with Gasteiger partial charge >= 0.3 is 0 Å². The number of carboxylic acid groups (broad SMARTS) is 1. The van der Waals surface area contributed by atoms with Crippen molar-refractivity contribution in [3.8, 4) is 0 Å². The van der Waals surface area contributed by atoms with E-state index in [9.17, 15) is 9.90 Å². The summed E-state index contributed by atoms with van der Waals surface area (Å²) in [5, 5.41) is 10.5. The number of aromatic carboxylic acids is 1. The van der Waals surface area contributed by atoms with Gasteiger partial charge in [-0.3, -0.25) is 4.40 Å². The van der Waals surface area contributed by atoms with Crippen LogP contribution in [0.2, 0.25) is 0 Å². The molecule has 4 nitrogen and oxygen atoms in total. The van der Waals surface area contributed by atoms with Crippen LogP contribution in [0.5, 0.6) is 0 Å². The Morgan fingerprint density at radius 3 is 3.00 bits per heavy atom. The summed E-state index contributed by atoms with van der Waals surface area (Å²) in [6.07, 6.45) is 3.07. The largest absolute Gasteiger partial charge is 0.545 e. The Morgan fingerprint density at radius 2 is 2.31 bits per heavy atom. The highest BCUT2D eigenvalue weighted by molar-refractivity contribution is 9.10. The van der Waals surface area contributed by atoms with E-state index in [2.05, 4.69) is 20.9 Å². The zero-order valence-corrected chi connectivity index (χ0v) is 7.98. The predicted molar refractivity (Wildman–Crippen MR) is 47.2 cm³/mol. The van der Waals surface area contributed by atoms with Crippen molar-refractivity contribution < 1.29 is 9.90 Å². The number of hydrogen-bond donors (Lipinski definition) is 0. The molecule has 13 heavy (non-hydrogen) atoms.